The highest BCUT2D eigenvalue weighted by molar-refractivity contribution is 9.09. The molecule has 1 aromatic rings. The van der Waals surface area contributed by atoms with E-state index in [9.17, 15) is 0 Å². The third kappa shape index (κ3) is 5.66. The Morgan fingerprint density at radius 2 is 1.78 bits per heavy atom. The highest BCUT2D eigenvalue weighted by Gasteiger charge is 2.27. The second-order valence-electron chi connectivity index (χ2n) is 4.73. The quantitative estimate of drug-likeness (QED) is 0.392. The molecule has 0 aromatic heterocycles. The molecule has 0 bridgehead atoms. The van der Waals surface area contributed by atoms with Gasteiger partial charge >= 0.3 is 0 Å². The monoisotopic (exact) mass is 392 g/mol. The van der Waals surface area contributed by atoms with Crippen molar-refractivity contribution in [3.63, 3.8) is 0 Å². The molecule has 102 valence electrons. The van der Waals surface area contributed by atoms with E-state index >= 15 is 0 Å². The van der Waals surface area contributed by atoms with Crippen LogP contribution in [-0.4, -0.2) is 22.2 Å². The minimum absolute atomic E-state index is 0.357. The zero-order valence-corrected chi connectivity index (χ0v) is 15.0. The number of benzene rings is 1. The van der Waals surface area contributed by atoms with Crippen molar-refractivity contribution in [2.24, 2.45) is 5.41 Å². The van der Waals surface area contributed by atoms with Crippen molar-refractivity contribution in [3.05, 3.63) is 35.9 Å². The van der Waals surface area contributed by atoms with Gasteiger partial charge in [0.1, 0.15) is 0 Å². The van der Waals surface area contributed by atoms with E-state index in [4.69, 9.17) is 0 Å². The van der Waals surface area contributed by atoms with Crippen molar-refractivity contribution in [1.29, 1.82) is 0 Å². The highest BCUT2D eigenvalue weighted by Crippen LogP contribution is 2.33. The maximum Gasteiger partial charge on any atom is 0.00991 e. The summed E-state index contributed by atoms with van der Waals surface area (Å²) in [6.45, 7) is 2.23. The summed E-state index contributed by atoms with van der Waals surface area (Å²) in [5.41, 5.74) is 1.80. The van der Waals surface area contributed by atoms with E-state index in [1.165, 1.54) is 29.9 Å². The average Bonchev–Trinajstić information content (AvgIpc) is 2.43. The number of hydrogen-bond acceptors (Lipinski definition) is 1. The van der Waals surface area contributed by atoms with Crippen LogP contribution >= 0.6 is 43.6 Å². The minimum Gasteiger partial charge on any atom is -0.162 e. The summed E-state index contributed by atoms with van der Waals surface area (Å²) in [5, 5.41) is 2.13. The number of rotatable bonds is 9. The summed E-state index contributed by atoms with van der Waals surface area (Å²) in [6.07, 6.45) is 3.75. The maximum atomic E-state index is 3.72. The SMILES string of the molecule is CCSCCCC(CBr)(CBr)Cc1ccccc1. The van der Waals surface area contributed by atoms with Crippen LogP contribution in [0.25, 0.3) is 0 Å². The third-order valence-electron chi connectivity index (χ3n) is 3.19. The molecule has 0 amide bonds. The first-order valence-electron chi connectivity index (χ1n) is 6.50. The van der Waals surface area contributed by atoms with Crippen molar-refractivity contribution in [2.45, 2.75) is 26.2 Å². The van der Waals surface area contributed by atoms with Crippen molar-refractivity contribution >= 4 is 43.6 Å². The van der Waals surface area contributed by atoms with Gasteiger partial charge in [0.25, 0.3) is 0 Å². The lowest BCUT2D eigenvalue weighted by molar-refractivity contribution is 0.353. The fraction of sp³-hybridized carbons (Fsp3) is 0.600. The first-order valence-corrected chi connectivity index (χ1v) is 9.90. The van der Waals surface area contributed by atoms with E-state index in [-0.39, 0.29) is 0 Å². The number of alkyl halides is 2. The summed E-state index contributed by atoms with van der Waals surface area (Å²) >= 11 is 9.49. The zero-order valence-electron chi connectivity index (χ0n) is 11.0. The highest BCUT2D eigenvalue weighted by atomic mass is 79.9. The predicted molar refractivity (Wildman–Crippen MR) is 92.4 cm³/mol. The lowest BCUT2D eigenvalue weighted by atomic mass is 9.82. The number of hydrogen-bond donors (Lipinski definition) is 0. The Morgan fingerprint density at radius 1 is 1.11 bits per heavy atom. The van der Waals surface area contributed by atoms with E-state index in [2.05, 4.69) is 69.1 Å². The molecular formula is C15H22Br2S. The summed E-state index contributed by atoms with van der Waals surface area (Å²) in [7, 11) is 0. The molecule has 0 atom stereocenters. The van der Waals surface area contributed by atoms with Crippen LogP contribution in [0.3, 0.4) is 0 Å². The van der Waals surface area contributed by atoms with E-state index in [0.717, 1.165) is 17.1 Å². The van der Waals surface area contributed by atoms with Gasteiger partial charge in [0.05, 0.1) is 0 Å². The maximum absolute atomic E-state index is 3.72. The molecule has 1 aromatic carbocycles. The van der Waals surface area contributed by atoms with Crippen molar-refractivity contribution in [1.82, 2.24) is 0 Å². The van der Waals surface area contributed by atoms with Crippen molar-refractivity contribution in [3.8, 4) is 0 Å². The molecule has 0 saturated carbocycles. The third-order valence-corrected chi connectivity index (χ3v) is 6.55. The second kappa shape index (κ2) is 9.44. The Hall–Kier alpha value is 0.530. The van der Waals surface area contributed by atoms with Gasteiger partial charge in [0, 0.05) is 10.7 Å². The van der Waals surface area contributed by atoms with Gasteiger partial charge in [-0.25, -0.2) is 0 Å². The first kappa shape index (κ1) is 16.6. The van der Waals surface area contributed by atoms with Gasteiger partial charge in [-0.2, -0.15) is 11.8 Å². The fourth-order valence-corrected chi connectivity index (χ4v) is 4.60. The molecule has 0 aliphatic rings. The lowest BCUT2D eigenvalue weighted by Gasteiger charge is -2.30. The first-order chi connectivity index (χ1) is 8.76. The van der Waals surface area contributed by atoms with E-state index in [1.54, 1.807) is 0 Å². The van der Waals surface area contributed by atoms with Gasteiger partial charge in [-0.3, -0.25) is 0 Å². The summed E-state index contributed by atoms with van der Waals surface area (Å²) < 4.78 is 0. The Morgan fingerprint density at radius 3 is 2.33 bits per heavy atom. The van der Waals surface area contributed by atoms with Crippen molar-refractivity contribution < 1.29 is 0 Å². The average molecular weight is 394 g/mol. The standard InChI is InChI=1S/C15H22Br2S/c1-2-18-10-6-9-15(12-16,13-17)11-14-7-4-3-5-8-14/h3-5,7-8H,2,6,9-13H2,1H3. The molecule has 3 heteroatoms. The molecule has 0 spiro atoms. The van der Waals surface area contributed by atoms with E-state index < -0.39 is 0 Å². The fourth-order valence-electron chi connectivity index (χ4n) is 2.07. The summed E-state index contributed by atoms with van der Waals surface area (Å²) in [5.74, 6) is 2.52. The van der Waals surface area contributed by atoms with E-state index in [0.29, 0.717) is 5.41 Å². The molecule has 18 heavy (non-hydrogen) atoms. The Balaban J connectivity index is 2.56. The molecule has 0 N–H and O–H groups in total. The molecular weight excluding hydrogens is 372 g/mol. The van der Waals surface area contributed by atoms with Gasteiger partial charge in [-0.1, -0.05) is 69.1 Å². The Labute approximate surface area is 133 Å². The van der Waals surface area contributed by atoms with Crippen LogP contribution in [0.5, 0.6) is 0 Å². The number of halogens is 2. The van der Waals surface area contributed by atoms with Crippen LogP contribution in [-0.2, 0) is 6.42 Å². The second-order valence-corrected chi connectivity index (χ2v) is 7.25. The van der Waals surface area contributed by atoms with Crippen LogP contribution in [0.1, 0.15) is 25.3 Å². The molecule has 0 aliphatic carbocycles. The van der Waals surface area contributed by atoms with Gasteiger partial charge in [0.2, 0.25) is 0 Å². The molecule has 0 saturated heterocycles. The van der Waals surface area contributed by atoms with Crippen LogP contribution in [0.4, 0.5) is 0 Å². The van der Waals surface area contributed by atoms with Gasteiger partial charge < -0.3 is 0 Å². The smallest absolute Gasteiger partial charge is 0.00991 e. The van der Waals surface area contributed by atoms with Gasteiger partial charge in [-0.15, -0.1) is 0 Å². The van der Waals surface area contributed by atoms with Crippen LogP contribution in [0, 0.1) is 5.41 Å². The predicted octanol–water partition coefficient (Wildman–Crippen LogP) is 5.54. The lowest BCUT2D eigenvalue weighted by Crippen LogP contribution is -2.28. The molecule has 1 rings (SSSR count). The molecule has 0 heterocycles. The topological polar surface area (TPSA) is 0 Å². The Bertz CT molecular complexity index is 310. The van der Waals surface area contributed by atoms with Crippen LogP contribution < -0.4 is 0 Å². The van der Waals surface area contributed by atoms with Crippen LogP contribution in [0.2, 0.25) is 0 Å². The van der Waals surface area contributed by atoms with E-state index in [1.807, 2.05) is 11.8 Å². The van der Waals surface area contributed by atoms with Gasteiger partial charge in [-0.05, 0) is 41.7 Å². The molecule has 0 fully saturated rings. The largest absolute Gasteiger partial charge is 0.162 e. The molecule has 0 aliphatic heterocycles. The molecule has 0 radical (unpaired) electrons. The zero-order chi connectivity index (χ0) is 13.3. The molecule has 0 unspecified atom stereocenters. The van der Waals surface area contributed by atoms with Crippen LogP contribution in [0.15, 0.2) is 30.3 Å². The Kier molecular flexibility index (Phi) is 8.69. The number of thioether (sulfide) groups is 1. The minimum atomic E-state index is 0.357. The van der Waals surface area contributed by atoms with Gasteiger partial charge in [0.15, 0.2) is 0 Å². The normalized spacial score (nSPS) is 11.7. The van der Waals surface area contributed by atoms with Crippen molar-refractivity contribution in [2.75, 3.05) is 22.2 Å². The molecule has 0 nitrogen and oxygen atoms in total. The summed E-state index contributed by atoms with van der Waals surface area (Å²) in [4.78, 5) is 0. The summed E-state index contributed by atoms with van der Waals surface area (Å²) in [6, 6.07) is 10.8.